The van der Waals surface area contributed by atoms with Crippen molar-refractivity contribution in [1.82, 2.24) is 0 Å². The minimum absolute atomic E-state index is 0.112. The molecule has 1 aromatic rings. The monoisotopic (exact) mass is 831 g/mol. The first-order valence-corrected chi connectivity index (χ1v) is 25.5. The maximum atomic E-state index is 13.1. The fourth-order valence-electron chi connectivity index (χ4n) is 7.50. The molecule has 58 heavy (non-hydrogen) atoms. The summed E-state index contributed by atoms with van der Waals surface area (Å²) >= 11 is 0. The van der Waals surface area contributed by atoms with Crippen LogP contribution in [-0.4, -0.2) is 38.1 Å². The van der Waals surface area contributed by atoms with Gasteiger partial charge in [-0.1, -0.05) is 211 Å². The molecule has 0 saturated heterocycles. The molecule has 0 unspecified atom stereocenters. The quantitative estimate of drug-likeness (QED) is 0.0303. The maximum Gasteiger partial charge on any atom is 0.340 e. The van der Waals surface area contributed by atoms with Crippen LogP contribution >= 0.6 is 0 Å². The number of rotatable bonds is 41. The smallest absolute Gasteiger partial charge is 0.340 e. The number of carbonyl (C=O) groups is 2. The van der Waals surface area contributed by atoms with Gasteiger partial charge < -0.3 is 9.47 Å². The Morgan fingerprint density at radius 1 is 0.466 bits per heavy atom. The van der Waals surface area contributed by atoms with Crippen LogP contribution in [0.1, 0.15) is 253 Å². The predicted octanol–water partition coefficient (Wildman–Crippen LogP) is 15.7. The van der Waals surface area contributed by atoms with Crippen molar-refractivity contribution in [2.24, 2.45) is 0 Å². The standard InChI is InChI=1S/C50H86O7S/c1-3-5-7-9-11-13-15-17-19-21-23-25-27-29-31-33-35-37-39-44-56-49(51)46-42-41-43-47(58(53,54)55)48(46)50(52)57-45-40-38-36-34-32-30-28-26-24-22-20-18-16-14-12-10-8-6-4-2/h5-8,41-43H,3-4,9-40,44-45H2,1-2H3,(H,53,54,55)/b7-5+,8-6+. The number of esters is 2. The van der Waals surface area contributed by atoms with Crippen LogP contribution in [0.2, 0.25) is 0 Å². The zero-order chi connectivity index (χ0) is 42.2. The summed E-state index contributed by atoms with van der Waals surface area (Å²) in [6.07, 6.45) is 50.6. The Kier molecular flexibility index (Phi) is 35.8. The SMILES string of the molecule is CC/C=C/CCCCCCCCCCCCCCCCCOC(=O)c1cccc(S(=O)(=O)O)c1C(=O)OCCCCCCCCCCCCCCCCC/C=C/CC. The second kappa shape index (κ2) is 38.7. The normalized spacial score (nSPS) is 11.9. The summed E-state index contributed by atoms with van der Waals surface area (Å²) in [6, 6.07) is 3.77. The minimum atomic E-state index is -4.77. The summed E-state index contributed by atoms with van der Waals surface area (Å²) in [7, 11) is -4.77. The van der Waals surface area contributed by atoms with E-state index < -0.39 is 32.5 Å². The molecule has 8 heteroatoms. The van der Waals surface area contributed by atoms with Gasteiger partial charge in [0.1, 0.15) is 4.90 Å². The first kappa shape index (κ1) is 53.6. The van der Waals surface area contributed by atoms with Gasteiger partial charge >= 0.3 is 11.9 Å². The van der Waals surface area contributed by atoms with Crippen molar-refractivity contribution in [3.63, 3.8) is 0 Å². The first-order chi connectivity index (χ1) is 28.3. The van der Waals surface area contributed by atoms with E-state index in [0.717, 1.165) is 57.4 Å². The number of hydrogen-bond donors (Lipinski definition) is 1. The molecule has 7 nitrogen and oxygen atoms in total. The Morgan fingerprint density at radius 3 is 1.10 bits per heavy atom. The zero-order valence-corrected chi connectivity index (χ0v) is 38.1. The molecule has 0 atom stereocenters. The van der Waals surface area contributed by atoms with Gasteiger partial charge in [0.25, 0.3) is 10.1 Å². The van der Waals surface area contributed by atoms with Gasteiger partial charge in [-0.15, -0.1) is 0 Å². The van der Waals surface area contributed by atoms with Gasteiger partial charge in [-0.2, -0.15) is 8.42 Å². The average molecular weight is 831 g/mol. The Morgan fingerprint density at radius 2 is 0.776 bits per heavy atom. The molecule has 0 saturated carbocycles. The van der Waals surface area contributed by atoms with Gasteiger partial charge in [0.05, 0.1) is 24.3 Å². The van der Waals surface area contributed by atoms with Gasteiger partial charge in [0, 0.05) is 0 Å². The van der Waals surface area contributed by atoms with Crippen LogP contribution < -0.4 is 0 Å². The molecular formula is C50H86O7S. The van der Waals surface area contributed by atoms with Crippen molar-refractivity contribution in [2.45, 2.75) is 237 Å². The predicted molar refractivity (Wildman–Crippen MR) is 243 cm³/mol. The van der Waals surface area contributed by atoms with Crippen molar-refractivity contribution >= 4 is 22.1 Å². The molecule has 0 aliphatic carbocycles. The third-order valence-corrected chi connectivity index (χ3v) is 11.9. The fraction of sp³-hybridized carbons (Fsp3) is 0.760. The molecule has 0 radical (unpaired) electrons. The highest BCUT2D eigenvalue weighted by Crippen LogP contribution is 2.23. The number of unbranched alkanes of at least 4 members (excludes halogenated alkanes) is 30. The van der Waals surface area contributed by atoms with Gasteiger partial charge in [-0.05, 0) is 63.5 Å². The lowest BCUT2D eigenvalue weighted by molar-refractivity contribution is 0.0446. The second-order valence-corrected chi connectivity index (χ2v) is 17.8. The number of allylic oxidation sites excluding steroid dienone is 4. The first-order valence-electron chi connectivity index (χ1n) is 24.1. The third-order valence-electron chi connectivity index (χ3n) is 11.0. The van der Waals surface area contributed by atoms with E-state index >= 15 is 0 Å². The largest absolute Gasteiger partial charge is 0.462 e. The summed E-state index contributed by atoms with van der Waals surface area (Å²) < 4.78 is 44.9. The zero-order valence-electron chi connectivity index (χ0n) is 37.3. The Balaban J connectivity index is 2.16. The van der Waals surface area contributed by atoms with E-state index in [-0.39, 0.29) is 18.8 Å². The lowest BCUT2D eigenvalue weighted by atomic mass is 10.0. The molecule has 0 aliphatic rings. The van der Waals surface area contributed by atoms with E-state index in [0.29, 0.717) is 12.8 Å². The summed E-state index contributed by atoms with van der Waals surface area (Å²) in [5, 5.41) is 0. The van der Waals surface area contributed by atoms with Crippen LogP contribution in [0.15, 0.2) is 47.4 Å². The van der Waals surface area contributed by atoms with Crippen LogP contribution in [-0.2, 0) is 19.6 Å². The van der Waals surface area contributed by atoms with Crippen LogP contribution in [0.3, 0.4) is 0 Å². The lowest BCUT2D eigenvalue weighted by Crippen LogP contribution is -2.19. The second-order valence-electron chi connectivity index (χ2n) is 16.4. The molecule has 0 spiro atoms. The minimum Gasteiger partial charge on any atom is -0.462 e. The van der Waals surface area contributed by atoms with E-state index in [1.807, 2.05) is 0 Å². The van der Waals surface area contributed by atoms with Gasteiger partial charge in [0.15, 0.2) is 0 Å². The lowest BCUT2D eigenvalue weighted by Gasteiger charge is -2.13. The van der Waals surface area contributed by atoms with Gasteiger partial charge in [-0.25, -0.2) is 9.59 Å². The molecule has 0 amide bonds. The highest BCUT2D eigenvalue weighted by Gasteiger charge is 2.28. The van der Waals surface area contributed by atoms with E-state index in [1.165, 1.54) is 166 Å². The van der Waals surface area contributed by atoms with Crippen LogP contribution in [0.4, 0.5) is 0 Å². The number of benzene rings is 1. The van der Waals surface area contributed by atoms with Crippen LogP contribution in [0.5, 0.6) is 0 Å². The molecule has 1 rings (SSSR count). The molecule has 0 fully saturated rings. The molecular weight excluding hydrogens is 745 g/mol. The molecule has 0 bridgehead atoms. The highest BCUT2D eigenvalue weighted by molar-refractivity contribution is 7.86. The van der Waals surface area contributed by atoms with Crippen molar-refractivity contribution in [3.8, 4) is 0 Å². The van der Waals surface area contributed by atoms with Crippen molar-refractivity contribution < 1.29 is 32.0 Å². The van der Waals surface area contributed by atoms with E-state index in [2.05, 4.69) is 38.2 Å². The summed E-state index contributed by atoms with van der Waals surface area (Å²) in [5.74, 6) is -1.74. The molecule has 1 N–H and O–H groups in total. The van der Waals surface area contributed by atoms with Crippen molar-refractivity contribution in [3.05, 3.63) is 53.6 Å². The Hall–Kier alpha value is -2.45. The molecule has 334 valence electrons. The number of hydrogen-bond acceptors (Lipinski definition) is 6. The highest BCUT2D eigenvalue weighted by atomic mass is 32.2. The van der Waals surface area contributed by atoms with E-state index in [4.69, 9.17) is 9.47 Å². The summed E-state index contributed by atoms with van der Waals surface area (Å²) in [5.41, 5.74) is -0.668. The van der Waals surface area contributed by atoms with E-state index in [1.54, 1.807) is 0 Å². The summed E-state index contributed by atoms with van der Waals surface area (Å²) in [4.78, 5) is 25.4. The fourth-order valence-corrected chi connectivity index (χ4v) is 8.20. The molecule has 0 heterocycles. The third kappa shape index (κ3) is 30.6. The number of carbonyl (C=O) groups excluding carboxylic acids is 2. The maximum absolute atomic E-state index is 13.1. The van der Waals surface area contributed by atoms with Gasteiger partial charge in [-0.3, -0.25) is 4.55 Å². The van der Waals surface area contributed by atoms with Crippen LogP contribution in [0, 0.1) is 0 Å². The van der Waals surface area contributed by atoms with Crippen LogP contribution in [0.25, 0.3) is 0 Å². The molecule has 0 aliphatic heterocycles. The Labute approximate surface area is 356 Å². The van der Waals surface area contributed by atoms with E-state index in [9.17, 15) is 22.6 Å². The molecule has 1 aromatic carbocycles. The Bertz CT molecular complexity index is 1300. The summed E-state index contributed by atoms with van der Waals surface area (Å²) in [6.45, 7) is 4.66. The molecule has 0 aromatic heterocycles. The average Bonchev–Trinajstić information content (AvgIpc) is 3.21. The topological polar surface area (TPSA) is 107 Å². The van der Waals surface area contributed by atoms with Gasteiger partial charge in [0.2, 0.25) is 0 Å². The van der Waals surface area contributed by atoms with Crippen molar-refractivity contribution in [1.29, 1.82) is 0 Å². The number of ether oxygens (including phenoxy) is 2. The van der Waals surface area contributed by atoms with Crippen molar-refractivity contribution in [2.75, 3.05) is 13.2 Å².